The predicted molar refractivity (Wildman–Crippen MR) is 88.1 cm³/mol. The van der Waals surface area contributed by atoms with Crippen LogP contribution in [0.25, 0.3) is 0 Å². The van der Waals surface area contributed by atoms with Gasteiger partial charge in [0, 0.05) is 12.0 Å². The molecule has 0 radical (unpaired) electrons. The molecular weight excluding hydrogens is 258 g/mol. The first-order valence-electron chi connectivity index (χ1n) is 8.28. The number of hydrogen-bond donors (Lipinski definition) is 1. The van der Waals surface area contributed by atoms with Gasteiger partial charge >= 0.3 is 0 Å². The topological polar surface area (TPSA) is 29.1 Å². The lowest BCUT2D eigenvalue weighted by Gasteiger charge is -2.45. The Balaban J connectivity index is 1.89. The van der Waals surface area contributed by atoms with Gasteiger partial charge in [-0.2, -0.15) is 0 Å². The average molecular weight is 287 g/mol. The third-order valence-electron chi connectivity index (χ3n) is 5.58. The fraction of sp³-hybridized carbons (Fsp3) is 0.632. The van der Waals surface area contributed by atoms with Crippen LogP contribution in [0.15, 0.2) is 30.3 Å². The molecule has 2 heteroatoms. The van der Waals surface area contributed by atoms with Crippen molar-refractivity contribution < 1.29 is 4.79 Å². The van der Waals surface area contributed by atoms with Gasteiger partial charge < -0.3 is 5.32 Å². The molecule has 1 aromatic rings. The molecule has 0 spiro atoms. The highest BCUT2D eigenvalue weighted by Gasteiger charge is 2.46. The Hall–Kier alpha value is -1.31. The molecule has 21 heavy (non-hydrogen) atoms. The van der Waals surface area contributed by atoms with Gasteiger partial charge in [-0.1, -0.05) is 70.4 Å². The van der Waals surface area contributed by atoms with Crippen LogP contribution in [-0.2, 0) is 11.2 Å². The van der Waals surface area contributed by atoms with E-state index < -0.39 is 0 Å². The van der Waals surface area contributed by atoms with Crippen molar-refractivity contribution in [3.63, 3.8) is 0 Å². The first kappa shape index (κ1) is 16.1. The number of carbonyl (C=O) groups excluding carboxylic acids is 1. The molecule has 1 saturated carbocycles. The van der Waals surface area contributed by atoms with Crippen molar-refractivity contribution in [1.29, 1.82) is 0 Å². The van der Waals surface area contributed by atoms with Crippen LogP contribution in [0.5, 0.6) is 0 Å². The SMILES string of the molecule is CC1(C(C)(C)C(=O)NCCc2ccccc2)CCCCC1. The third kappa shape index (κ3) is 3.66. The minimum Gasteiger partial charge on any atom is -0.355 e. The molecule has 0 heterocycles. The van der Waals surface area contributed by atoms with Crippen LogP contribution in [0.4, 0.5) is 0 Å². The minimum atomic E-state index is -0.288. The summed E-state index contributed by atoms with van der Waals surface area (Å²) < 4.78 is 0. The molecule has 0 bridgehead atoms. The zero-order valence-corrected chi connectivity index (χ0v) is 13.7. The highest BCUT2D eigenvalue weighted by molar-refractivity contribution is 5.82. The first-order valence-corrected chi connectivity index (χ1v) is 8.28. The summed E-state index contributed by atoms with van der Waals surface area (Å²) in [5.74, 6) is 0.211. The number of rotatable bonds is 5. The van der Waals surface area contributed by atoms with Gasteiger partial charge in [-0.25, -0.2) is 0 Å². The summed E-state index contributed by atoms with van der Waals surface area (Å²) in [6, 6.07) is 10.3. The maximum Gasteiger partial charge on any atom is 0.226 e. The molecule has 2 nitrogen and oxygen atoms in total. The van der Waals surface area contributed by atoms with Crippen molar-refractivity contribution in [1.82, 2.24) is 5.32 Å². The Morgan fingerprint density at radius 3 is 2.38 bits per heavy atom. The Bertz CT molecular complexity index is 458. The summed E-state index contributed by atoms with van der Waals surface area (Å²) in [6.45, 7) is 7.26. The number of nitrogens with one attached hydrogen (secondary N) is 1. The molecule has 1 N–H and O–H groups in total. The number of hydrogen-bond acceptors (Lipinski definition) is 1. The van der Waals surface area contributed by atoms with E-state index in [1.807, 2.05) is 18.2 Å². The summed E-state index contributed by atoms with van der Waals surface area (Å²) >= 11 is 0. The van der Waals surface area contributed by atoms with E-state index in [9.17, 15) is 4.79 Å². The van der Waals surface area contributed by atoms with E-state index in [0.29, 0.717) is 0 Å². The van der Waals surface area contributed by atoms with Gasteiger partial charge in [-0.05, 0) is 30.2 Å². The van der Waals surface area contributed by atoms with E-state index >= 15 is 0 Å². The van der Waals surface area contributed by atoms with E-state index in [2.05, 4.69) is 38.2 Å². The van der Waals surface area contributed by atoms with Gasteiger partial charge in [0.1, 0.15) is 0 Å². The Morgan fingerprint density at radius 2 is 1.76 bits per heavy atom. The summed E-state index contributed by atoms with van der Waals surface area (Å²) in [7, 11) is 0. The second-order valence-corrected chi connectivity index (χ2v) is 7.24. The lowest BCUT2D eigenvalue weighted by molar-refractivity contribution is -0.137. The summed E-state index contributed by atoms with van der Waals surface area (Å²) in [5, 5.41) is 3.15. The molecule has 116 valence electrons. The monoisotopic (exact) mass is 287 g/mol. The normalized spacial score (nSPS) is 18.2. The zero-order chi connectivity index (χ0) is 15.3. The first-order chi connectivity index (χ1) is 9.96. The van der Waals surface area contributed by atoms with Gasteiger partial charge in [-0.15, -0.1) is 0 Å². The van der Waals surface area contributed by atoms with Crippen LogP contribution in [0.3, 0.4) is 0 Å². The highest BCUT2D eigenvalue weighted by Crippen LogP contribution is 2.49. The summed E-state index contributed by atoms with van der Waals surface area (Å²) in [6.07, 6.45) is 7.09. The molecule has 0 saturated heterocycles. The van der Waals surface area contributed by atoms with Crippen LogP contribution in [0, 0.1) is 10.8 Å². The molecule has 0 aliphatic heterocycles. The molecule has 1 fully saturated rings. The highest BCUT2D eigenvalue weighted by atomic mass is 16.2. The molecule has 0 unspecified atom stereocenters. The summed E-state index contributed by atoms with van der Waals surface area (Å²) in [4.78, 5) is 12.6. The van der Waals surface area contributed by atoms with Crippen molar-refractivity contribution in [2.75, 3.05) is 6.54 Å². The fourth-order valence-corrected chi connectivity index (χ4v) is 3.42. The van der Waals surface area contributed by atoms with Crippen LogP contribution in [0.1, 0.15) is 58.4 Å². The smallest absolute Gasteiger partial charge is 0.226 e. The number of benzene rings is 1. The molecule has 0 atom stereocenters. The van der Waals surface area contributed by atoms with E-state index in [4.69, 9.17) is 0 Å². The second-order valence-electron chi connectivity index (χ2n) is 7.24. The fourth-order valence-electron chi connectivity index (χ4n) is 3.42. The Morgan fingerprint density at radius 1 is 1.14 bits per heavy atom. The quantitative estimate of drug-likeness (QED) is 0.857. The van der Waals surface area contributed by atoms with Crippen molar-refractivity contribution in [3.05, 3.63) is 35.9 Å². The molecule has 1 aromatic carbocycles. The van der Waals surface area contributed by atoms with E-state index in [1.54, 1.807) is 0 Å². The number of amides is 1. The number of carbonyl (C=O) groups is 1. The Labute approximate surface area is 129 Å². The van der Waals surface area contributed by atoms with E-state index in [1.165, 1.54) is 37.7 Å². The maximum atomic E-state index is 12.6. The van der Waals surface area contributed by atoms with Crippen molar-refractivity contribution in [3.8, 4) is 0 Å². The van der Waals surface area contributed by atoms with Gasteiger partial charge in [0.05, 0.1) is 0 Å². The zero-order valence-electron chi connectivity index (χ0n) is 13.7. The van der Waals surface area contributed by atoms with Gasteiger partial charge in [0.25, 0.3) is 0 Å². The van der Waals surface area contributed by atoms with Crippen LogP contribution in [-0.4, -0.2) is 12.5 Å². The summed E-state index contributed by atoms with van der Waals surface area (Å²) in [5.41, 5.74) is 1.13. The van der Waals surface area contributed by atoms with Gasteiger partial charge in [0.2, 0.25) is 5.91 Å². The van der Waals surface area contributed by atoms with E-state index in [0.717, 1.165) is 13.0 Å². The standard InChI is InChI=1S/C19H29NO/c1-18(2,19(3)13-8-5-9-14-19)17(21)20-15-12-16-10-6-4-7-11-16/h4,6-7,10-11H,5,8-9,12-15H2,1-3H3,(H,20,21). The van der Waals surface area contributed by atoms with Crippen molar-refractivity contribution in [2.24, 2.45) is 10.8 Å². The Kier molecular flexibility index (Phi) is 5.08. The molecule has 2 rings (SSSR count). The van der Waals surface area contributed by atoms with Gasteiger partial charge in [0.15, 0.2) is 0 Å². The average Bonchev–Trinajstić information content (AvgIpc) is 2.49. The second kappa shape index (κ2) is 6.64. The largest absolute Gasteiger partial charge is 0.355 e. The van der Waals surface area contributed by atoms with Crippen LogP contribution >= 0.6 is 0 Å². The molecule has 1 aliphatic rings. The van der Waals surface area contributed by atoms with Crippen molar-refractivity contribution in [2.45, 2.75) is 59.3 Å². The van der Waals surface area contributed by atoms with Crippen LogP contribution < -0.4 is 5.32 Å². The van der Waals surface area contributed by atoms with Crippen LogP contribution in [0.2, 0.25) is 0 Å². The predicted octanol–water partition coefficient (Wildman–Crippen LogP) is 4.34. The molecule has 1 amide bonds. The molecular formula is C19H29NO. The van der Waals surface area contributed by atoms with Gasteiger partial charge in [-0.3, -0.25) is 4.79 Å². The lowest BCUT2D eigenvalue weighted by atomic mass is 9.59. The molecule has 0 aromatic heterocycles. The van der Waals surface area contributed by atoms with Crippen molar-refractivity contribution >= 4 is 5.91 Å². The van der Waals surface area contributed by atoms with E-state index in [-0.39, 0.29) is 16.7 Å². The third-order valence-corrected chi connectivity index (χ3v) is 5.58. The minimum absolute atomic E-state index is 0.141. The lowest BCUT2D eigenvalue weighted by Crippen LogP contribution is -2.48. The maximum absolute atomic E-state index is 12.6. The molecule has 1 aliphatic carbocycles.